The van der Waals surface area contributed by atoms with E-state index in [1.807, 2.05) is 6.92 Å². The van der Waals surface area contributed by atoms with Crippen molar-refractivity contribution in [2.24, 2.45) is 5.41 Å². The van der Waals surface area contributed by atoms with Crippen molar-refractivity contribution < 1.29 is 24.9 Å². The van der Waals surface area contributed by atoms with Crippen LogP contribution in [0, 0.1) is 5.41 Å². The van der Waals surface area contributed by atoms with Crippen molar-refractivity contribution in [3.05, 3.63) is 0 Å². The minimum atomic E-state index is -0.939. The van der Waals surface area contributed by atoms with Crippen LogP contribution in [0.15, 0.2) is 0 Å². The summed E-state index contributed by atoms with van der Waals surface area (Å²) in [7, 11) is 0. The van der Waals surface area contributed by atoms with Crippen LogP contribution in [0.2, 0.25) is 0 Å². The fourth-order valence-corrected chi connectivity index (χ4v) is 3.16. The maximum atomic E-state index is 12.4. The van der Waals surface area contributed by atoms with E-state index in [-0.39, 0.29) is 19.6 Å². The van der Waals surface area contributed by atoms with Gasteiger partial charge in [0.25, 0.3) is 0 Å². The summed E-state index contributed by atoms with van der Waals surface area (Å²) >= 11 is 0. The van der Waals surface area contributed by atoms with Gasteiger partial charge in [0.05, 0.1) is 17.6 Å². The van der Waals surface area contributed by atoms with Gasteiger partial charge in [-0.15, -0.1) is 0 Å². The molecule has 0 amide bonds. The van der Waals surface area contributed by atoms with Crippen LogP contribution in [0.25, 0.3) is 0 Å². The number of hydrogen-bond acceptors (Lipinski definition) is 5. The van der Waals surface area contributed by atoms with Gasteiger partial charge < -0.3 is 20.1 Å². The first kappa shape index (κ1) is 19.4. The second-order valence-electron chi connectivity index (χ2n) is 7.35. The summed E-state index contributed by atoms with van der Waals surface area (Å²) in [4.78, 5) is 12.4. The van der Waals surface area contributed by atoms with Gasteiger partial charge in [-0.1, -0.05) is 26.2 Å². The SMILES string of the molecule is CCC(C)(CO)C(=O)OC(C)(CCO)CC1(O)CCCCC1. The van der Waals surface area contributed by atoms with Crippen LogP contribution < -0.4 is 0 Å². The first-order valence-corrected chi connectivity index (χ1v) is 8.40. The molecule has 1 fully saturated rings. The summed E-state index contributed by atoms with van der Waals surface area (Å²) in [6.45, 7) is 4.88. The molecule has 0 spiro atoms. The molecule has 0 bridgehead atoms. The van der Waals surface area contributed by atoms with Gasteiger partial charge in [-0.05, 0) is 33.1 Å². The lowest BCUT2D eigenvalue weighted by atomic mass is 9.76. The fourth-order valence-electron chi connectivity index (χ4n) is 3.16. The summed E-state index contributed by atoms with van der Waals surface area (Å²) in [5.41, 5.74) is -2.68. The molecule has 0 radical (unpaired) electrons. The molecule has 0 aromatic rings. The first-order valence-electron chi connectivity index (χ1n) is 8.40. The zero-order valence-corrected chi connectivity index (χ0v) is 14.2. The lowest BCUT2D eigenvalue weighted by molar-refractivity contribution is -0.181. The molecular formula is C17H32O5. The van der Waals surface area contributed by atoms with Crippen LogP contribution in [0.1, 0.15) is 72.1 Å². The molecule has 3 N–H and O–H groups in total. The third kappa shape index (κ3) is 4.93. The van der Waals surface area contributed by atoms with Crippen molar-refractivity contribution in [2.45, 2.75) is 83.3 Å². The molecule has 1 saturated carbocycles. The van der Waals surface area contributed by atoms with Crippen molar-refractivity contribution in [3.8, 4) is 0 Å². The predicted octanol–water partition coefficient (Wildman–Crippen LogP) is 2.16. The fraction of sp³-hybridized carbons (Fsp3) is 0.941. The Morgan fingerprint density at radius 3 is 2.23 bits per heavy atom. The molecule has 0 heterocycles. The van der Waals surface area contributed by atoms with E-state index in [4.69, 9.17) is 4.74 Å². The minimum Gasteiger partial charge on any atom is -0.459 e. The van der Waals surface area contributed by atoms with Gasteiger partial charge >= 0.3 is 5.97 Å². The lowest BCUT2D eigenvalue weighted by Crippen LogP contribution is -2.47. The predicted molar refractivity (Wildman–Crippen MR) is 84.3 cm³/mol. The molecule has 0 saturated heterocycles. The molecule has 0 aromatic carbocycles. The lowest BCUT2D eigenvalue weighted by Gasteiger charge is -2.41. The number of esters is 1. The molecule has 22 heavy (non-hydrogen) atoms. The van der Waals surface area contributed by atoms with E-state index < -0.39 is 22.6 Å². The Kier molecular flexibility index (Phi) is 6.84. The summed E-state index contributed by atoms with van der Waals surface area (Å²) in [5, 5.41) is 29.5. The van der Waals surface area contributed by atoms with E-state index in [9.17, 15) is 20.1 Å². The van der Waals surface area contributed by atoms with Gasteiger partial charge in [0.1, 0.15) is 5.60 Å². The Labute approximate surface area is 133 Å². The third-order valence-corrected chi connectivity index (χ3v) is 5.09. The molecule has 1 rings (SSSR count). The highest BCUT2D eigenvalue weighted by molar-refractivity contribution is 5.76. The molecule has 0 aromatic heterocycles. The van der Waals surface area contributed by atoms with E-state index in [2.05, 4.69) is 0 Å². The zero-order chi connectivity index (χ0) is 16.9. The Morgan fingerprint density at radius 2 is 1.77 bits per heavy atom. The van der Waals surface area contributed by atoms with Crippen LogP contribution >= 0.6 is 0 Å². The molecule has 1 aliphatic carbocycles. The standard InChI is InChI=1S/C17H32O5/c1-4-15(2,13-19)14(20)22-16(3,10-11-18)12-17(21)8-6-5-7-9-17/h18-19,21H,4-13H2,1-3H3. The maximum Gasteiger partial charge on any atom is 0.314 e. The van der Waals surface area contributed by atoms with Gasteiger partial charge in [0, 0.05) is 19.4 Å². The van der Waals surface area contributed by atoms with E-state index in [1.165, 1.54) is 0 Å². The summed E-state index contributed by atoms with van der Waals surface area (Å²) in [6, 6.07) is 0. The topological polar surface area (TPSA) is 87.0 Å². The number of hydrogen-bond donors (Lipinski definition) is 3. The van der Waals surface area contributed by atoms with Gasteiger partial charge in [0.2, 0.25) is 0 Å². The molecule has 5 heteroatoms. The van der Waals surface area contributed by atoms with Crippen molar-refractivity contribution >= 4 is 5.97 Å². The summed E-state index contributed by atoms with van der Waals surface area (Å²) in [6.07, 6.45) is 5.57. The van der Waals surface area contributed by atoms with Gasteiger partial charge in [-0.2, -0.15) is 0 Å². The van der Waals surface area contributed by atoms with Crippen molar-refractivity contribution in [1.82, 2.24) is 0 Å². The molecule has 0 aliphatic heterocycles. The van der Waals surface area contributed by atoms with Crippen LogP contribution in [-0.2, 0) is 9.53 Å². The average molecular weight is 316 g/mol. The number of rotatable bonds is 8. The Hall–Kier alpha value is -0.650. The summed E-state index contributed by atoms with van der Waals surface area (Å²) in [5.74, 6) is -0.465. The number of carbonyl (C=O) groups excluding carboxylic acids is 1. The molecule has 2 atom stereocenters. The molecule has 5 nitrogen and oxygen atoms in total. The highest BCUT2D eigenvalue weighted by atomic mass is 16.6. The van der Waals surface area contributed by atoms with Gasteiger partial charge in [-0.25, -0.2) is 0 Å². The van der Waals surface area contributed by atoms with E-state index in [0.717, 1.165) is 19.3 Å². The van der Waals surface area contributed by atoms with E-state index in [1.54, 1.807) is 13.8 Å². The number of aliphatic hydroxyl groups is 3. The van der Waals surface area contributed by atoms with E-state index in [0.29, 0.717) is 25.7 Å². The maximum absolute atomic E-state index is 12.4. The van der Waals surface area contributed by atoms with Crippen molar-refractivity contribution in [3.63, 3.8) is 0 Å². The highest BCUT2D eigenvalue weighted by Crippen LogP contribution is 2.38. The largest absolute Gasteiger partial charge is 0.459 e. The van der Waals surface area contributed by atoms with E-state index >= 15 is 0 Å². The molecule has 130 valence electrons. The van der Waals surface area contributed by atoms with Crippen LogP contribution in [0.3, 0.4) is 0 Å². The van der Waals surface area contributed by atoms with Crippen molar-refractivity contribution in [2.75, 3.05) is 13.2 Å². The Bertz CT molecular complexity index is 358. The van der Waals surface area contributed by atoms with Crippen LogP contribution in [0.5, 0.6) is 0 Å². The average Bonchev–Trinajstić information content (AvgIpc) is 2.46. The molecule has 1 aliphatic rings. The minimum absolute atomic E-state index is 0.109. The van der Waals surface area contributed by atoms with Crippen molar-refractivity contribution in [1.29, 1.82) is 0 Å². The quantitative estimate of drug-likeness (QED) is 0.597. The smallest absolute Gasteiger partial charge is 0.314 e. The number of ether oxygens (including phenoxy) is 1. The van der Waals surface area contributed by atoms with Gasteiger partial charge in [-0.3, -0.25) is 4.79 Å². The second-order valence-corrected chi connectivity index (χ2v) is 7.35. The first-order chi connectivity index (χ1) is 10.2. The monoisotopic (exact) mass is 316 g/mol. The highest BCUT2D eigenvalue weighted by Gasteiger charge is 2.43. The number of carbonyl (C=O) groups is 1. The van der Waals surface area contributed by atoms with Gasteiger partial charge in [0.15, 0.2) is 0 Å². The second kappa shape index (κ2) is 7.75. The summed E-state index contributed by atoms with van der Waals surface area (Å²) < 4.78 is 5.67. The normalized spacial score (nSPS) is 23.4. The van der Waals surface area contributed by atoms with Crippen LogP contribution in [-0.4, -0.2) is 45.7 Å². The molecular weight excluding hydrogens is 284 g/mol. The van der Waals surface area contributed by atoms with Crippen LogP contribution in [0.4, 0.5) is 0 Å². The number of aliphatic hydroxyl groups excluding tert-OH is 2. The Balaban J connectivity index is 2.83. The molecule has 2 unspecified atom stereocenters. The Morgan fingerprint density at radius 1 is 1.18 bits per heavy atom. The zero-order valence-electron chi connectivity index (χ0n) is 14.2. The third-order valence-electron chi connectivity index (χ3n) is 5.09.